The third-order valence-corrected chi connectivity index (χ3v) is 4.46. The fourth-order valence-corrected chi connectivity index (χ4v) is 3.19. The van der Waals surface area contributed by atoms with Crippen LogP contribution in [0, 0.1) is 0 Å². The highest BCUT2D eigenvalue weighted by Crippen LogP contribution is 2.31. The van der Waals surface area contributed by atoms with Crippen molar-refractivity contribution in [3.05, 3.63) is 24.3 Å². The van der Waals surface area contributed by atoms with Gasteiger partial charge in [0, 0.05) is 46.3 Å². The van der Waals surface area contributed by atoms with Crippen molar-refractivity contribution < 1.29 is 0 Å². The van der Waals surface area contributed by atoms with Crippen molar-refractivity contribution in [2.75, 3.05) is 69.2 Å². The zero-order valence-electron chi connectivity index (χ0n) is 12.5. The fourth-order valence-electron chi connectivity index (χ4n) is 3.19. The maximum Gasteiger partial charge on any atom is 0.0605 e. The number of anilines is 2. The van der Waals surface area contributed by atoms with Gasteiger partial charge in [-0.25, -0.2) is 0 Å². The first-order valence-corrected chi connectivity index (χ1v) is 7.83. The molecule has 110 valence electrons. The van der Waals surface area contributed by atoms with Crippen LogP contribution >= 0.6 is 0 Å². The maximum absolute atomic E-state index is 3.47. The van der Waals surface area contributed by atoms with Crippen molar-refractivity contribution in [1.29, 1.82) is 0 Å². The summed E-state index contributed by atoms with van der Waals surface area (Å²) in [5.41, 5.74) is 2.77. The Labute approximate surface area is 122 Å². The molecule has 1 aromatic rings. The molecule has 0 atom stereocenters. The Morgan fingerprint density at radius 3 is 2.70 bits per heavy atom. The van der Waals surface area contributed by atoms with Crippen molar-refractivity contribution >= 4 is 11.4 Å². The summed E-state index contributed by atoms with van der Waals surface area (Å²) in [7, 11) is 2.19. The number of rotatable bonds is 3. The number of fused-ring (bicyclic) bond motifs is 1. The van der Waals surface area contributed by atoms with Gasteiger partial charge in [-0.1, -0.05) is 12.1 Å². The first-order valence-electron chi connectivity index (χ1n) is 7.83. The van der Waals surface area contributed by atoms with Crippen molar-refractivity contribution in [2.45, 2.75) is 6.42 Å². The highest BCUT2D eigenvalue weighted by atomic mass is 15.3. The van der Waals surface area contributed by atoms with Crippen LogP contribution in [0.2, 0.25) is 0 Å². The van der Waals surface area contributed by atoms with Gasteiger partial charge in [0.15, 0.2) is 0 Å². The Bertz CT molecular complexity index is 426. The molecular weight excluding hydrogens is 248 g/mol. The topological polar surface area (TPSA) is 21.8 Å². The van der Waals surface area contributed by atoms with E-state index in [9.17, 15) is 0 Å². The molecule has 0 saturated carbocycles. The van der Waals surface area contributed by atoms with Crippen LogP contribution in [0.1, 0.15) is 6.42 Å². The van der Waals surface area contributed by atoms with E-state index in [-0.39, 0.29) is 0 Å². The normalized spacial score (nSPS) is 20.6. The molecule has 2 aliphatic heterocycles. The maximum atomic E-state index is 3.47. The van der Waals surface area contributed by atoms with Gasteiger partial charge >= 0.3 is 0 Å². The predicted molar refractivity (Wildman–Crippen MR) is 85.9 cm³/mol. The smallest absolute Gasteiger partial charge is 0.0605 e. The molecule has 0 aromatic heterocycles. The second-order valence-electron chi connectivity index (χ2n) is 5.84. The van der Waals surface area contributed by atoms with E-state index in [0.29, 0.717) is 0 Å². The summed E-state index contributed by atoms with van der Waals surface area (Å²) < 4.78 is 0. The van der Waals surface area contributed by atoms with Gasteiger partial charge < -0.3 is 20.0 Å². The average Bonchev–Trinajstić information content (AvgIpc) is 2.76. The van der Waals surface area contributed by atoms with Gasteiger partial charge in [0.05, 0.1) is 11.4 Å². The van der Waals surface area contributed by atoms with Crippen LogP contribution in [0.4, 0.5) is 11.4 Å². The Hall–Kier alpha value is -1.26. The summed E-state index contributed by atoms with van der Waals surface area (Å²) in [6, 6.07) is 8.78. The third-order valence-electron chi connectivity index (χ3n) is 4.46. The lowest BCUT2D eigenvalue weighted by atomic mass is 10.1. The number of hydrogen-bond donors (Lipinski definition) is 1. The lowest BCUT2D eigenvalue weighted by molar-refractivity contribution is 0.298. The minimum atomic E-state index is 1.12. The number of para-hydroxylation sites is 2. The van der Waals surface area contributed by atoms with Crippen LogP contribution in [0.3, 0.4) is 0 Å². The predicted octanol–water partition coefficient (Wildman–Crippen LogP) is 1.24. The van der Waals surface area contributed by atoms with Crippen molar-refractivity contribution in [3.8, 4) is 0 Å². The Morgan fingerprint density at radius 1 is 0.950 bits per heavy atom. The summed E-state index contributed by atoms with van der Waals surface area (Å²) in [5.74, 6) is 0. The molecule has 1 aromatic carbocycles. The van der Waals surface area contributed by atoms with E-state index in [1.165, 1.54) is 44.0 Å². The molecule has 0 aliphatic carbocycles. The highest BCUT2D eigenvalue weighted by Gasteiger charge is 2.20. The summed E-state index contributed by atoms with van der Waals surface area (Å²) in [6.07, 6.45) is 1.28. The third kappa shape index (κ3) is 3.07. The monoisotopic (exact) mass is 274 g/mol. The Morgan fingerprint density at radius 2 is 1.80 bits per heavy atom. The van der Waals surface area contributed by atoms with Gasteiger partial charge in [-0.15, -0.1) is 0 Å². The van der Waals surface area contributed by atoms with Gasteiger partial charge in [0.2, 0.25) is 0 Å². The van der Waals surface area contributed by atoms with Crippen LogP contribution in [-0.2, 0) is 0 Å². The number of hydrogen-bond acceptors (Lipinski definition) is 4. The van der Waals surface area contributed by atoms with E-state index in [0.717, 1.165) is 26.2 Å². The van der Waals surface area contributed by atoms with Crippen LogP contribution < -0.4 is 15.1 Å². The molecular formula is C16H26N4. The highest BCUT2D eigenvalue weighted by molar-refractivity contribution is 5.73. The lowest BCUT2D eigenvalue weighted by Gasteiger charge is -2.38. The average molecular weight is 274 g/mol. The number of benzene rings is 1. The van der Waals surface area contributed by atoms with E-state index >= 15 is 0 Å². The quantitative estimate of drug-likeness (QED) is 0.895. The molecule has 20 heavy (non-hydrogen) atoms. The van der Waals surface area contributed by atoms with E-state index in [2.05, 4.69) is 51.3 Å². The molecule has 4 heteroatoms. The van der Waals surface area contributed by atoms with Crippen LogP contribution in [0.5, 0.6) is 0 Å². The molecule has 3 rings (SSSR count). The van der Waals surface area contributed by atoms with Gasteiger partial charge in [-0.3, -0.25) is 0 Å². The zero-order valence-corrected chi connectivity index (χ0v) is 12.5. The summed E-state index contributed by atoms with van der Waals surface area (Å²) in [6.45, 7) is 9.33. The Balaban J connectivity index is 1.62. The van der Waals surface area contributed by atoms with Crippen molar-refractivity contribution in [3.63, 3.8) is 0 Å². The van der Waals surface area contributed by atoms with Gasteiger partial charge in [0.25, 0.3) is 0 Å². The van der Waals surface area contributed by atoms with Crippen molar-refractivity contribution in [2.24, 2.45) is 0 Å². The molecule has 0 spiro atoms. The van der Waals surface area contributed by atoms with E-state index in [4.69, 9.17) is 0 Å². The van der Waals surface area contributed by atoms with E-state index in [1.807, 2.05) is 0 Å². The minimum Gasteiger partial charge on any atom is -0.371 e. The fraction of sp³-hybridized carbons (Fsp3) is 0.625. The summed E-state index contributed by atoms with van der Waals surface area (Å²) >= 11 is 0. The van der Waals surface area contributed by atoms with Crippen LogP contribution in [0.15, 0.2) is 24.3 Å². The molecule has 1 N–H and O–H groups in total. The van der Waals surface area contributed by atoms with E-state index < -0.39 is 0 Å². The SMILES string of the molecule is CN1CCN(CCN2CCCNCC2)c2ccccc21. The van der Waals surface area contributed by atoms with Gasteiger partial charge in [-0.05, 0) is 31.6 Å². The van der Waals surface area contributed by atoms with Gasteiger partial charge in [0.1, 0.15) is 0 Å². The molecule has 2 aliphatic rings. The summed E-state index contributed by atoms with van der Waals surface area (Å²) in [5, 5.41) is 3.47. The Kier molecular flexibility index (Phi) is 4.43. The molecule has 1 fully saturated rings. The number of nitrogens with zero attached hydrogens (tertiary/aromatic N) is 3. The molecule has 0 unspecified atom stereocenters. The molecule has 4 nitrogen and oxygen atoms in total. The number of likely N-dealkylation sites (N-methyl/N-ethyl adjacent to an activating group) is 1. The molecule has 0 radical (unpaired) electrons. The first-order chi connectivity index (χ1) is 9.84. The molecule has 0 bridgehead atoms. The number of nitrogens with one attached hydrogen (secondary N) is 1. The van der Waals surface area contributed by atoms with Crippen LogP contribution in [0.25, 0.3) is 0 Å². The van der Waals surface area contributed by atoms with Crippen molar-refractivity contribution in [1.82, 2.24) is 10.2 Å². The lowest BCUT2D eigenvalue weighted by Crippen LogP contribution is -2.43. The second-order valence-corrected chi connectivity index (χ2v) is 5.84. The van der Waals surface area contributed by atoms with Crippen LogP contribution in [-0.4, -0.2) is 64.3 Å². The van der Waals surface area contributed by atoms with E-state index in [1.54, 1.807) is 0 Å². The van der Waals surface area contributed by atoms with Gasteiger partial charge in [-0.2, -0.15) is 0 Å². The first kappa shape index (κ1) is 13.7. The largest absolute Gasteiger partial charge is 0.371 e. The molecule has 0 amide bonds. The summed E-state index contributed by atoms with van der Waals surface area (Å²) in [4.78, 5) is 7.51. The molecule has 1 saturated heterocycles. The zero-order chi connectivity index (χ0) is 13.8. The second kappa shape index (κ2) is 6.46. The molecule has 2 heterocycles. The standard InChI is InChI=1S/C16H26N4/c1-18-11-13-20(16-6-3-2-5-15(16)18)14-12-19-9-4-7-17-8-10-19/h2-3,5-6,17H,4,7-14H2,1H3. The minimum absolute atomic E-state index is 1.12.